The largest absolute Gasteiger partial charge is 0.280 e. The van der Waals surface area contributed by atoms with Crippen molar-refractivity contribution in [2.75, 3.05) is 4.72 Å². The number of halogens is 2. The van der Waals surface area contributed by atoms with E-state index in [0.29, 0.717) is 12.1 Å². The standard InChI is InChI=1S/C13H12F2N2O4S2/c14-10-4-5-12(15)13(7-10)23(20,21)17-11-3-1-2-9(6-11)8-22(16,18)19/h1-7,17H,8H2,(H2,16,18,19). The Kier molecular flexibility index (Phi) is 4.68. The molecule has 23 heavy (non-hydrogen) atoms. The minimum atomic E-state index is -4.37. The van der Waals surface area contributed by atoms with E-state index in [0.717, 1.165) is 6.07 Å². The Morgan fingerprint density at radius 1 is 1.00 bits per heavy atom. The van der Waals surface area contributed by atoms with Crippen molar-refractivity contribution < 1.29 is 25.6 Å². The number of hydrogen-bond donors (Lipinski definition) is 2. The highest BCUT2D eigenvalue weighted by Crippen LogP contribution is 2.21. The lowest BCUT2D eigenvalue weighted by atomic mass is 10.2. The van der Waals surface area contributed by atoms with E-state index in [1.165, 1.54) is 24.3 Å². The van der Waals surface area contributed by atoms with E-state index in [1.807, 2.05) is 0 Å². The van der Waals surface area contributed by atoms with Crippen LogP contribution in [0.1, 0.15) is 5.56 Å². The number of rotatable bonds is 5. The number of primary sulfonamides is 1. The molecule has 0 saturated carbocycles. The first-order valence-electron chi connectivity index (χ1n) is 6.14. The lowest BCUT2D eigenvalue weighted by Gasteiger charge is -2.10. The Morgan fingerprint density at radius 3 is 2.35 bits per heavy atom. The zero-order valence-electron chi connectivity index (χ0n) is 11.5. The van der Waals surface area contributed by atoms with Crippen molar-refractivity contribution in [1.29, 1.82) is 0 Å². The fourth-order valence-corrected chi connectivity index (χ4v) is 3.63. The van der Waals surface area contributed by atoms with Crippen LogP contribution in [0.2, 0.25) is 0 Å². The van der Waals surface area contributed by atoms with Crippen LogP contribution >= 0.6 is 0 Å². The molecule has 0 bridgehead atoms. The molecule has 10 heteroatoms. The number of nitrogens with one attached hydrogen (secondary N) is 1. The fraction of sp³-hybridized carbons (Fsp3) is 0.0769. The molecule has 0 spiro atoms. The maximum atomic E-state index is 13.6. The number of nitrogens with two attached hydrogens (primary N) is 1. The van der Waals surface area contributed by atoms with Gasteiger partial charge in [-0.25, -0.2) is 30.8 Å². The van der Waals surface area contributed by atoms with Crippen molar-refractivity contribution in [2.45, 2.75) is 10.6 Å². The fourth-order valence-electron chi connectivity index (χ4n) is 1.85. The third kappa shape index (κ3) is 4.71. The lowest BCUT2D eigenvalue weighted by molar-refractivity contribution is 0.555. The van der Waals surface area contributed by atoms with Gasteiger partial charge >= 0.3 is 0 Å². The average molecular weight is 362 g/mol. The van der Waals surface area contributed by atoms with E-state index < -0.39 is 42.3 Å². The summed E-state index contributed by atoms with van der Waals surface area (Å²) in [5.41, 5.74) is 0.238. The van der Waals surface area contributed by atoms with Crippen LogP contribution in [0.25, 0.3) is 0 Å². The molecule has 2 rings (SSSR count). The molecule has 124 valence electrons. The summed E-state index contributed by atoms with van der Waals surface area (Å²) in [6.45, 7) is 0. The van der Waals surface area contributed by atoms with Crippen molar-refractivity contribution in [1.82, 2.24) is 0 Å². The topological polar surface area (TPSA) is 106 Å². The molecule has 2 aromatic carbocycles. The zero-order valence-corrected chi connectivity index (χ0v) is 13.2. The van der Waals surface area contributed by atoms with Crippen LogP contribution in [0.3, 0.4) is 0 Å². The van der Waals surface area contributed by atoms with E-state index in [9.17, 15) is 25.6 Å². The molecule has 0 saturated heterocycles. The predicted molar refractivity (Wildman–Crippen MR) is 80.4 cm³/mol. The normalized spacial score (nSPS) is 12.1. The third-order valence-electron chi connectivity index (χ3n) is 2.73. The smallest absolute Gasteiger partial charge is 0.264 e. The van der Waals surface area contributed by atoms with E-state index in [4.69, 9.17) is 5.14 Å². The first-order valence-corrected chi connectivity index (χ1v) is 9.34. The van der Waals surface area contributed by atoms with Gasteiger partial charge < -0.3 is 0 Å². The molecule has 0 aromatic heterocycles. The Morgan fingerprint density at radius 2 is 1.70 bits per heavy atom. The quantitative estimate of drug-likeness (QED) is 0.842. The third-order valence-corrected chi connectivity index (χ3v) is 4.86. The summed E-state index contributed by atoms with van der Waals surface area (Å²) < 4.78 is 75.1. The minimum absolute atomic E-state index is 0.00480. The van der Waals surface area contributed by atoms with Gasteiger partial charge in [-0.1, -0.05) is 12.1 Å². The summed E-state index contributed by atoms with van der Waals surface area (Å²) in [5, 5.41) is 4.91. The van der Waals surface area contributed by atoms with Gasteiger partial charge in [0.2, 0.25) is 10.0 Å². The lowest BCUT2D eigenvalue weighted by Crippen LogP contribution is -2.16. The summed E-state index contributed by atoms with van der Waals surface area (Å²) in [6.07, 6.45) is 0. The zero-order chi connectivity index (χ0) is 17.3. The van der Waals surface area contributed by atoms with Crippen molar-refractivity contribution in [3.63, 3.8) is 0 Å². The highest BCUT2D eigenvalue weighted by atomic mass is 32.2. The van der Waals surface area contributed by atoms with Crippen LogP contribution in [-0.2, 0) is 25.8 Å². The van der Waals surface area contributed by atoms with Gasteiger partial charge in [-0.2, -0.15) is 0 Å². The van der Waals surface area contributed by atoms with Crippen molar-refractivity contribution in [3.05, 3.63) is 59.7 Å². The highest BCUT2D eigenvalue weighted by molar-refractivity contribution is 7.92. The van der Waals surface area contributed by atoms with Gasteiger partial charge in [-0.3, -0.25) is 4.72 Å². The molecule has 0 unspecified atom stereocenters. The van der Waals surface area contributed by atoms with Gasteiger partial charge in [0.15, 0.2) is 0 Å². The first-order chi connectivity index (χ1) is 10.6. The molecule has 0 atom stereocenters. The Hall–Kier alpha value is -2.04. The molecule has 0 fully saturated rings. The molecule has 0 aliphatic rings. The molecular weight excluding hydrogens is 350 g/mol. The Balaban J connectivity index is 2.34. The number of benzene rings is 2. The van der Waals surface area contributed by atoms with Gasteiger partial charge in [0, 0.05) is 5.69 Å². The molecule has 0 amide bonds. The Labute approximate surface area is 132 Å². The first kappa shape index (κ1) is 17.3. The second-order valence-electron chi connectivity index (χ2n) is 4.69. The number of anilines is 1. The molecular formula is C13H12F2N2O4S2. The predicted octanol–water partition coefficient (Wildman–Crippen LogP) is 1.55. The maximum absolute atomic E-state index is 13.6. The van der Waals surface area contributed by atoms with Crippen molar-refractivity contribution >= 4 is 25.7 Å². The summed E-state index contributed by atoms with van der Waals surface area (Å²) >= 11 is 0. The number of hydrogen-bond acceptors (Lipinski definition) is 4. The van der Waals surface area contributed by atoms with Gasteiger partial charge in [0.1, 0.15) is 16.5 Å². The van der Waals surface area contributed by atoms with E-state index in [1.54, 1.807) is 0 Å². The van der Waals surface area contributed by atoms with Crippen LogP contribution in [0.4, 0.5) is 14.5 Å². The molecule has 6 nitrogen and oxygen atoms in total. The maximum Gasteiger partial charge on any atom is 0.264 e. The van der Waals surface area contributed by atoms with Crippen LogP contribution < -0.4 is 9.86 Å². The summed E-state index contributed by atoms with van der Waals surface area (Å²) in [6, 6.07) is 7.44. The number of sulfonamides is 2. The van der Waals surface area contributed by atoms with Gasteiger partial charge in [0.05, 0.1) is 5.75 Å². The van der Waals surface area contributed by atoms with Crippen LogP contribution in [-0.4, -0.2) is 16.8 Å². The van der Waals surface area contributed by atoms with E-state index in [-0.39, 0.29) is 11.3 Å². The highest BCUT2D eigenvalue weighted by Gasteiger charge is 2.20. The molecule has 0 aliphatic heterocycles. The second kappa shape index (κ2) is 6.22. The SMILES string of the molecule is NS(=O)(=O)Cc1cccc(NS(=O)(=O)c2cc(F)ccc2F)c1. The summed E-state index contributed by atoms with van der Waals surface area (Å²) in [5.74, 6) is -2.51. The van der Waals surface area contributed by atoms with E-state index in [2.05, 4.69) is 4.72 Å². The molecule has 0 heterocycles. The molecule has 0 radical (unpaired) electrons. The van der Waals surface area contributed by atoms with Gasteiger partial charge in [0.25, 0.3) is 10.0 Å². The molecule has 0 aliphatic carbocycles. The van der Waals surface area contributed by atoms with Crippen LogP contribution in [0, 0.1) is 11.6 Å². The second-order valence-corrected chi connectivity index (χ2v) is 7.95. The molecule has 2 aromatic rings. The van der Waals surface area contributed by atoms with Gasteiger partial charge in [-0.15, -0.1) is 0 Å². The average Bonchev–Trinajstić information content (AvgIpc) is 2.39. The van der Waals surface area contributed by atoms with Crippen molar-refractivity contribution in [3.8, 4) is 0 Å². The summed E-state index contributed by atoms with van der Waals surface area (Å²) in [4.78, 5) is -0.852. The summed E-state index contributed by atoms with van der Waals surface area (Å²) in [7, 11) is -8.16. The van der Waals surface area contributed by atoms with Crippen LogP contribution in [0.5, 0.6) is 0 Å². The Bertz CT molecular complexity index is 944. The van der Waals surface area contributed by atoms with Crippen molar-refractivity contribution in [2.24, 2.45) is 5.14 Å². The minimum Gasteiger partial charge on any atom is -0.280 e. The van der Waals surface area contributed by atoms with Crippen LogP contribution in [0.15, 0.2) is 47.4 Å². The van der Waals surface area contributed by atoms with E-state index >= 15 is 0 Å². The molecule has 3 N–H and O–H groups in total. The van der Waals surface area contributed by atoms with Gasteiger partial charge in [-0.05, 0) is 35.9 Å². The monoisotopic (exact) mass is 362 g/mol.